The van der Waals surface area contributed by atoms with E-state index in [1.807, 2.05) is 0 Å². The van der Waals surface area contributed by atoms with Crippen molar-refractivity contribution in [3.63, 3.8) is 0 Å². The quantitative estimate of drug-likeness (QED) is 0.111. The van der Waals surface area contributed by atoms with E-state index < -0.39 is 0 Å². The number of thiophene rings is 2. The minimum Gasteiger partial charge on any atom is -0.247 e. The lowest BCUT2D eigenvalue weighted by Crippen LogP contribution is -2.07. The van der Waals surface area contributed by atoms with Gasteiger partial charge in [0.15, 0.2) is 0 Å². The summed E-state index contributed by atoms with van der Waals surface area (Å²) in [7, 11) is 0. The van der Waals surface area contributed by atoms with Gasteiger partial charge < -0.3 is 0 Å². The molecule has 0 radical (unpaired) electrons. The van der Waals surface area contributed by atoms with Gasteiger partial charge >= 0.3 is 0 Å². The van der Waals surface area contributed by atoms with Crippen LogP contribution in [0.5, 0.6) is 0 Å². The van der Waals surface area contributed by atoms with Gasteiger partial charge in [-0.15, -0.1) is 32.9 Å². The van der Waals surface area contributed by atoms with Crippen molar-refractivity contribution >= 4 is 65.6 Å². The number of fused-ring (bicyclic) bond motifs is 1. The molecule has 0 aromatic carbocycles. The number of unbranched alkanes of at least 4 members (excludes halogenated alkanes) is 10. The minimum absolute atomic E-state index is 0.831. The molecule has 8 heteroatoms. The molecular formula is C30H38Br2N4S2. The summed E-state index contributed by atoms with van der Waals surface area (Å²) in [5, 5.41) is 9.42. The van der Waals surface area contributed by atoms with Gasteiger partial charge in [0.2, 0.25) is 0 Å². The largest absolute Gasteiger partial charge is 0.247 e. The molecule has 4 heterocycles. The van der Waals surface area contributed by atoms with Gasteiger partial charge in [0.25, 0.3) is 0 Å². The third kappa shape index (κ3) is 8.15. The third-order valence-corrected chi connectivity index (χ3v) is 10.2. The molecule has 38 heavy (non-hydrogen) atoms. The molecule has 4 rings (SSSR count). The van der Waals surface area contributed by atoms with Gasteiger partial charge in [-0.3, -0.25) is 0 Å². The van der Waals surface area contributed by atoms with Gasteiger partial charge in [-0.1, -0.05) is 78.1 Å². The van der Waals surface area contributed by atoms with Crippen LogP contribution in [0.2, 0.25) is 0 Å². The monoisotopic (exact) mass is 676 g/mol. The molecule has 0 fully saturated rings. The van der Waals surface area contributed by atoms with Crippen LogP contribution in [0.15, 0.2) is 31.8 Å². The van der Waals surface area contributed by atoms with Crippen molar-refractivity contribution in [2.75, 3.05) is 0 Å². The van der Waals surface area contributed by atoms with E-state index in [0.29, 0.717) is 0 Å². The molecular weight excluding hydrogens is 640 g/mol. The van der Waals surface area contributed by atoms with Crippen molar-refractivity contribution in [1.82, 2.24) is 20.2 Å². The predicted molar refractivity (Wildman–Crippen MR) is 171 cm³/mol. The molecule has 0 saturated carbocycles. The summed E-state index contributed by atoms with van der Waals surface area (Å²) in [6, 6.07) is 8.32. The molecule has 0 aliphatic heterocycles. The normalized spacial score (nSPS) is 11.6. The molecule has 4 nitrogen and oxygen atoms in total. The van der Waals surface area contributed by atoms with Crippen molar-refractivity contribution in [3.05, 3.63) is 43.2 Å². The SMILES string of the molecule is CCCCCCCCc1nc2c(-c3ccc(Br)s3)nnc(-c3ccc(Br)s3)c2nc1CCCCCCCC. The van der Waals surface area contributed by atoms with Gasteiger partial charge in [-0.2, -0.15) is 0 Å². The number of hydrogen-bond acceptors (Lipinski definition) is 6. The van der Waals surface area contributed by atoms with E-state index in [9.17, 15) is 0 Å². The fraction of sp³-hybridized carbons (Fsp3) is 0.533. The van der Waals surface area contributed by atoms with Crippen LogP contribution in [0.25, 0.3) is 32.2 Å². The maximum atomic E-state index is 5.34. The zero-order valence-corrected chi connectivity index (χ0v) is 27.4. The lowest BCUT2D eigenvalue weighted by molar-refractivity contribution is 0.593. The summed E-state index contributed by atoms with van der Waals surface area (Å²) in [6.45, 7) is 4.55. The predicted octanol–water partition coefficient (Wildman–Crippen LogP) is 11.2. The van der Waals surface area contributed by atoms with E-state index in [2.05, 4.69) is 70.0 Å². The fourth-order valence-corrected chi connectivity index (χ4v) is 7.53. The van der Waals surface area contributed by atoms with E-state index in [4.69, 9.17) is 20.2 Å². The Bertz CT molecular complexity index is 1200. The van der Waals surface area contributed by atoms with E-state index in [0.717, 1.165) is 76.8 Å². The van der Waals surface area contributed by atoms with Crippen LogP contribution in [0, 0.1) is 0 Å². The number of halogens is 2. The van der Waals surface area contributed by atoms with Gasteiger partial charge in [0.1, 0.15) is 22.4 Å². The molecule has 0 N–H and O–H groups in total. The Morgan fingerprint density at radius 1 is 0.553 bits per heavy atom. The molecule has 0 bridgehead atoms. The van der Waals surface area contributed by atoms with Crippen molar-refractivity contribution in [2.24, 2.45) is 0 Å². The molecule has 0 spiro atoms. The molecule has 0 aliphatic rings. The Labute approximate surface area is 252 Å². The minimum atomic E-state index is 0.831. The van der Waals surface area contributed by atoms with E-state index in [1.165, 1.54) is 64.2 Å². The van der Waals surface area contributed by atoms with Crippen molar-refractivity contribution in [3.8, 4) is 21.1 Å². The van der Waals surface area contributed by atoms with Gasteiger partial charge in [0.05, 0.1) is 28.7 Å². The summed E-state index contributed by atoms with van der Waals surface area (Å²) in [6.07, 6.45) is 17.3. The molecule has 4 aromatic rings. The maximum absolute atomic E-state index is 5.34. The highest BCUT2D eigenvalue weighted by molar-refractivity contribution is 9.11. The van der Waals surface area contributed by atoms with Crippen LogP contribution in [0.1, 0.15) is 102 Å². The van der Waals surface area contributed by atoms with Crippen LogP contribution >= 0.6 is 54.5 Å². The zero-order valence-electron chi connectivity index (χ0n) is 22.6. The average Bonchev–Trinajstić information content (AvgIpc) is 3.55. The third-order valence-electron chi connectivity index (χ3n) is 6.90. The van der Waals surface area contributed by atoms with Gasteiger partial charge in [0, 0.05) is 0 Å². The molecule has 0 atom stereocenters. The summed E-state index contributed by atoms with van der Waals surface area (Å²) in [4.78, 5) is 12.8. The van der Waals surface area contributed by atoms with Crippen LogP contribution in [0.3, 0.4) is 0 Å². The number of nitrogens with zero attached hydrogens (tertiary/aromatic N) is 4. The highest BCUT2D eigenvalue weighted by Crippen LogP contribution is 2.38. The second-order valence-corrected chi connectivity index (χ2v) is 14.9. The Balaban J connectivity index is 1.70. The summed E-state index contributed by atoms with van der Waals surface area (Å²) >= 11 is 10.6. The number of aromatic nitrogens is 4. The summed E-state index contributed by atoms with van der Waals surface area (Å²) in [5.74, 6) is 0. The zero-order chi connectivity index (χ0) is 26.7. The van der Waals surface area contributed by atoms with Gasteiger partial charge in [-0.25, -0.2) is 9.97 Å². The molecule has 0 saturated heterocycles. The summed E-state index contributed by atoms with van der Waals surface area (Å²) < 4.78 is 2.15. The lowest BCUT2D eigenvalue weighted by Gasteiger charge is -2.13. The first-order chi connectivity index (χ1) is 18.6. The molecule has 204 valence electrons. The smallest absolute Gasteiger partial charge is 0.131 e. The number of aryl methyl sites for hydroxylation is 2. The molecule has 0 unspecified atom stereocenters. The van der Waals surface area contributed by atoms with Crippen LogP contribution in [-0.4, -0.2) is 20.2 Å². The van der Waals surface area contributed by atoms with Gasteiger partial charge in [-0.05, 0) is 81.8 Å². The standard InChI is InChI=1S/C30H38Br2N4S2/c1-3-5-7-9-11-13-15-21-22(16-14-12-10-8-6-4-2)34-30-28(24-18-20-26(32)38-24)36-35-27(29(30)33-21)23-17-19-25(31)37-23/h17-20H,3-16H2,1-2H3. The van der Waals surface area contributed by atoms with E-state index in [-0.39, 0.29) is 0 Å². The van der Waals surface area contributed by atoms with Crippen LogP contribution in [-0.2, 0) is 12.8 Å². The topological polar surface area (TPSA) is 51.6 Å². The lowest BCUT2D eigenvalue weighted by atomic mass is 10.0. The Hall–Kier alpha value is -1.22. The van der Waals surface area contributed by atoms with E-state index >= 15 is 0 Å². The molecule has 0 amide bonds. The highest BCUT2D eigenvalue weighted by atomic mass is 79.9. The Morgan fingerprint density at radius 3 is 1.32 bits per heavy atom. The Morgan fingerprint density at radius 2 is 0.947 bits per heavy atom. The average molecular weight is 679 g/mol. The fourth-order valence-electron chi connectivity index (χ4n) is 4.79. The number of hydrogen-bond donors (Lipinski definition) is 0. The van der Waals surface area contributed by atoms with Crippen molar-refractivity contribution in [2.45, 2.75) is 104 Å². The molecule has 0 aliphatic carbocycles. The first-order valence-corrected chi connectivity index (χ1v) is 17.4. The summed E-state index contributed by atoms with van der Waals surface area (Å²) in [5.41, 5.74) is 5.73. The highest BCUT2D eigenvalue weighted by Gasteiger charge is 2.20. The van der Waals surface area contributed by atoms with Crippen LogP contribution < -0.4 is 0 Å². The van der Waals surface area contributed by atoms with E-state index in [1.54, 1.807) is 22.7 Å². The van der Waals surface area contributed by atoms with Crippen molar-refractivity contribution < 1.29 is 0 Å². The second kappa shape index (κ2) is 15.5. The maximum Gasteiger partial charge on any atom is 0.131 e. The second-order valence-electron chi connectivity index (χ2n) is 9.95. The number of rotatable bonds is 16. The molecule has 4 aromatic heterocycles. The Kier molecular flexibility index (Phi) is 12.2. The van der Waals surface area contributed by atoms with Crippen molar-refractivity contribution in [1.29, 1.82) is 0 Å². The van der Waals surface area contributed by atoms with Crippen LogP contribution in [0.4, 0.5) is 0 Å². The first-order valence-electron chi connectivity index (χ1n) is 14.2. The first kappa shape index (κ1) is 29.8.